The molecule has 1 nitrogen and oxygen atoms in total. The predicted octanol–water partition coefficient (Wildman–Crippen LogP) is 2.34. The zero-order chi connectivity index (χ0) is 9.42. The van der Waals surface area contributed by atoms with Gasteiger partial charge in [-0.2, -0.15) is 0 Å². The first kappa shape index (κ1) is 8.76. The van der Waals surface area contributed by atoms with E-state index in [9.17, 15) is 0 Å². The van der Waals surface area contributed by atoms with Gasteiger partial charge in [0, 0.05) is 12.6 Å². The van der Waals surface area contributed by atoms with Crippen LogP contribution in [0, 0.1) is 13.8 Å². The Balaban J connectivity index is 2.48. The molecule has 0 bridgehead atoms. The van der Waals surface area contributed by atoms with Crippen LogP contribution in [0.1, 0.15) is 29.2 Å². The molecule has 0 saturated heterocycles. The zero-order valence-electron chi connectivity index (χ0n) is 8.65. The smallest absolute Gasteiger partial charge is 0.0210 e. The minimum absolute atomic E-state index is 0.632. The molecule has 13 heavy (non-hydrogen) atoms. The Bertz CT molecular complexity index is 328. The van der Waals surface area contributed by atoms with Crippen molar-refractivity contribution in [3.05, 3.63) is 34.4 Å². The molecule has 1 N–H and O–H groups in total. The van der Waals surface area contributed by atoms with Crippen molar-refractivity contribution in [2.75, 3.05) is 0 Å². The van der Waals surface area contributed by atoms with Crippen molar-refractivity contribution in [1.29, 1.82) is 0 Å². The van der Waals surface area contributed by atoms with Crippen LogP contribution in [-0.2, 0) is 13.0 Å². The van der Waals surface area contributed by atoms with Gasteiger partial charge >= 0.3 is 0 Å². The SMILES string of the molecule is Cc1ccc2c(c1C)CC(C)NC2. The molecule has 0 saturated carbocycles. The lowest BCUT2D eigenvalue weighted by Gasteiger charge is -2.25. The molecule has 0 aromatic heterocycles. The summed E-state index contributed by atoms with van der Waals surface area (Å²) in [7, 11) is 0. The second-order valence-corrected chi connectivity index (χ2v) is 4.13. The van der Waals surface area contributed by atoms with Crippen LogP contribution in [0.4, 0.5) is 0 Å². The Kier molecular flexibility index (Phi) is 2.12. The summed E-state index contributed by atoms with van der Waals surface area (Å²) in [5.41, 5.74) is 5.98. The minimum atomic E-state index is 0.632. The molecule has 0 radical (unpaired) electrons. The summed E-state index contributed by atoms with van der Waals surface area (Å²) in [6, 6.07) is 5.12. The highest BCUT2D eigenvalue weighted by Gasteiger charge is 2.16. The summed E-state index contributed by atoms with van der Waals surface area (Å²) in [5, 5.41) is 3.48. The predicted molar refractivity (Wildman–Crippen MR) is 55.9 cm³/mol. The first-order chi connectivity index (χ1) is 6.18. The molecule has 1 heteroatoms. The maximum absolute atomic E-state index is 3.48. The molecule has 0 aliphatic carbocycles. The van der Waals surface area contributed by atoms with Crippen LogP contribution in [-0.4, -0.2) is 6.04 Å². The number of fused-ring (bicyclic) bond motifs is 1. The van der Waals surface area contributed by atoms with Gasteiger partial charge in [0.2, 0.25) is 0 Å². The molecule has 0 spiro atoms. The van der Waals surface area contributed by atoms with Crippen LogP contribution < -0.4 is 5.32 Å². The number of aryl methyl sites for hydroxylation is 1. The fraction of sp³-hybridized carbons (Fsp3) is 0.500. The van der Waals surface area contributed by atoms with Crippen molar-refractivity contribution in [3.8, 4) is 0 Å². The van der Waals surface area contributed by atoms with Crippen LogP contribution in [0.25, 0.3) is 0 Å². The number of benzene rings is 1. The normalized spacial score (nSPS) is 21.3. The second kappa shape index (κ2) is 3.15. The lowest BCUT2D eigenvalue weighted by molar-refractivity contribution is 0.512. The third-order valence-corrected chi connectivity index (χ3v) is 3.12. The molecule has 1 atom stereocenters. The summed E-state index contributed by atoms with van der Waals surface area (Å²) in [6.45, 7) is 7.73. The molecule has 70 valence electrons. The van der Waals surface area contributed by atoms with Crippen molar-refractivity contribution >= 4 is 0 Å². The average molecular weight is 175 g/mol. The molecular formula is C12H17N. The highest BCUT2D eigenvalue weighted by molar-refractivity contribution is 5.41. The number of nitrogens with one attached hydrogen (secondary N) is 1. The van der Waals surface area contributed by atoms with E-state index in [0.717, 1.165) is 6.54 Å². The van der Waals surface area contributed by atoms with Gasteiger partial charge in [-0.1, -0.05) is 12.1 Å². The maximum Gasteiger partial charge on any atom is 0.0210 e. The summed E-state index contributed by atoms with van der Waals surface area (Å²) in [4.78, 5) is 0. The summed E-state index contributed by atoms with van der Waals surface area (Å²) < 4.78 is 0. The van der Waals surface area contributed by atoms with Crippen LogP contribution in [0.2, 0.25) is 0 Å². The van der Waals surface area contributed by atoms with Gasteiger partial charge in [0.15, 0.2) is 0 Å². The van der Waals surface area contributed by atoms with Gasteiger partial charge in [-0.15, -0.1) is 0 Å². The van der Waals surface area contributed by atoms with Crippen molar-refractivity contribution in [2.45, 2.75) is 39.8 Å². The van der Waals surface area contributed by atoms with E-state index in [4.69, 9.17) is 0 Å². The summed E-state index contributed by atoms with van der Waals surface area (Å²) >= 11 is 0. The van der Waals surface area contributed by atoms with Gasteiger partial charge in [0.1, 0.15) is 0 Å². The van der Waals surface area contributed by atoms with Crippen molar-refractivity contribution in [2.24, 2.45) is 0 Å². The van der Waals surface area contributed by atoms with E-state index >= 15 is 0 Å². The van der Waals surface area contributed by atoms with Gasteiger partial charge in [0.05, 0.1) is 0 Å². The molecule has 1 unspecified atom stereocenters. The van der Waals surface area contributed by atoms with Crippen molar-refractivity contribution in [3.63, 3.8) is 0 Å². The minimum Gasteiger partial charge on any atom is -0.310 e. The van der Waals surface area contributed by atoms with Gasteiger partial charge in [-0.25, -0.2) is 0 Å². The quantitative estimate of drug-likeness (QED) is 0.638. The molecule has 0 fully saturated rings. The van der Waals surface area contributed by atoms with Crippen LogP contribution in [0.15, 0.2) is 12.1 Å². The van der Waals surface area contributed by atoms with E-state index in [0.29, 0.717) is 6.04 Å². The van der Waals surface area contributed by atoms with Gasteiger partial charge in [0.25, 0.3) is 0 Å². The summed E-state index contributed by atoms with van der Waals surface area (Å²) in [5.74, 6) is 0. The Morgan fingerprint density at radius 2 is 2.08 bits per heavy atom. The lowest BCUT2D eigenvalue weighted by atomic mass is 9.90. The van der Waals surface area contributed by atoms with E-state index in [-0.39, 0.29) is 0 Å². The molecule has 1 aliphatic rings. The first-order valence-electron chi connectivity index (χ1n) is 5.00. The van der Waals surface area contributed by atoms with E-state index in [1.165, 1.54) is 23.1 Å². The molecule has 2 rings (SSSR count). The molecule has 1 aliphatic heterocycles. The highest BCUT2D eigenvalue weighted by Crippen LogP contribution is 2.22. The monoisotopic (exact) mass is 175 g/mol. The fourth-order valence-corrected chi connectivity index (χ4v) is 2.04. The molecule has 0 amide bonds. The van der Waals surface area contributed by atoms with Crippen molar-refractivity contribution in [1.82, 2.24) is 5.32 Å². The molecule has 1 aromatic rings. The molecular weight excluding hydrogens is 158 g/mol. The Morgan fingerprint density at radius 1 is 1.31 bits per heavy atom. The molecule has 1 heterocycles. The Morgan fingerprint density at radius 3 is 2.85 bits per heavy atom. The molecule has 1 aromatic carbocycles. The second-order valence-electron chi connectivity index (χ2n) is 4.13. The zero-order valence-corrected chi connectivity index (χ0v) is 8.65. The van der Waals surface area contributed by atoms with Crippen molar-refractivity contribution < 1.29 is 0 Å². The number of rotatable bonds is 0. The van der Waals surface area contributed by atoms with E-state index in [1.54, 1.807) is 5.56 Å². The Labute approximate surface area is 80.2 Å². The fourth-order valence-electron chi connectivity index (χ4n) is 2.04. The van der Waals surface area contributed by atoms with Gasteiger partial charge in [-0.05, 0) is 49.4 Å². The van der Waals surface area contributed by atoms with Crippen LogP contribution in [0.5, 0.6) is 0 Å². The van der Waals surface area contributed by atoms with E-state index in [1.807, 2.05) is 0 Å². The number of hydrogen-bond donors (Lipinski definition) is 1. The topological polar surface area (TPSA) is 12.0 Å². The van der Waals surface area contributed by atoms with Gasteiger partial charge < -0.3 is 5.32 Å². The largest absolute Gasteiger partial charge is 0.310 e. The maximum atomic E-state index is 3.48. The number of hydrogen-bond acceptors (Lipinski definition) is 1. The highest BCUT2D eigenvalue weighted by atomic mass is 14.9. The Hall–Kier alpha value is -0.820. The lowest BCUT2D eigenvalue weighted by Crippen LogP contribution is -2.33. The van der Waals surface area contributed by atoms with Gasteiger partial charge in [-0.3, -0.25) is 0 Å². The van der Waals surface area contributed by atoms with Crippen LogP contribution in [0.3, 0.4) is 0 Å². The van der Waals surface area contributed by atoms with E-state index in [2.05, 4.69) is 38.2 Å². The summed E-state index contributed by atoms with van der Waals surface area (Å²) in [6.07, 6.45) is 1.18. The standard InChI is InChI=1S/C12H17N/c1-8-4-5-11-7-13-9(2)6-12(11)10(8)3/h4-5,9,13H,6-7H2,1-3H3. The third-order valence-electron chi connectivity index (χ3n) is 3.12. The third kappa shape index (κ3) is 1.49. The van der Waals surface area contributed by atoms with E-state index < -0.39 is 0 Å². The average Bonchev–Trinajstić information content (AvgIpc) is 2.12. The first-order valence-corrected chi connectivity index (χ1v) is 5.00. The van der Waals surface area contributed by atoms with Crippen LogP contribution >= 0.6 is 0 Å².